The summed E-state index contributed by atoms with van der Waals surface area (Å²) < 4.78 is 1.69. The van der Waals surface area contributed by atoms with Crippen LogP contribution in [0.1, 0.15) is 20.7 Å². The van der Waals surface area contributed by atoms with Crippen LogP contribution in [0.5, 0.6) is 0 Å². The van der Waals surface area contributed by atoms with E-state index in [4.69, 9.17) is 17.2 Å². The quantitative estimate of drug-likeness (QED) is 0.160. The fourth-order valence-electron chi connectivity index (χ4n) is 2.57. The fraction of sp³-hybridized carbons (Fsp3) is 0.412. The van der Waals surface area contributed by atoms with Crippen LogP contribution in [-0.2, 0) is 9.59 Å². The van der Waals surface area contributed by atoms with Gasteiger partial charge in [-0.15, -0.1) is 0 Å². The topological polar surface area (TPSA) is 186 Å². The molecule has 0 bridgehead atoms. The molecular weight excluding hydrogens is 747 g/mol. The molecule has 0 aromatic heterocycles. The number of anilines is 1. The summed E-state index contributed by atoms with van der Waals surface area (Å²) >= 11 is 6.00. The summed E-state index contributed by atoms with van der Waals surface area (Å²) in [5.74, 6) is -1.72. The predicted molar refractivity (Wildman–Crippen MR) is 143 cm³/mol. The summed E-state index contributed by atoms with van der Waals surface area (Å²) in [5.41, 5.74) is 17.3. The SMILES string of the molecule is CNc1c(I)c(C(N)=O)c(I)c(C(=O)N(CCNC(=O)CN)CCNC(=O)CN)c1I. The van der Waals surface area contributed by atoms with Crippen LogP contribution in [0.3, 0.4) is 0 Å². The van der Waals surface area contributed by atoms with Crippen LogP contribution in [0.2, 0.25) is 0 Å². The number of amides is 4. The lowest BCUT2D eigenvalue weighted by Crippen LogP contribution is -2.44. The molecule has 4 amide bonds. The molecule has 1 rings (SSSR count). The van der Waals surface area contributed by atoms with Crippen molar-refractivity contribution in [2.24, 2.45) is 17.2 Å². The third-order valence-corrected chi connectivity index (χ3v) is 7.33. The van der Waals surface area contributed by atoms with Gasteiger partial charge in [0.15, 0.2) is 0 Å². The number of carbonyl (C=O) groups excluding carboxylic acids is 4. The lowest BCUT2D eigenvalue weighted by molar-refractivity contribution is -0.120. The van der Waals surface area contributed by atoms with Gasteiger partial charge in [0.25, 0.3) is 11.8 Å². The number of rotatable bonds is 11. The number of benzene rings is 1. The van der Waals surface area contributed by atoms with Crippen LogP contribution < -0.4 is 33.2 Å². The van der Waals surface area contributed by atoms with E-state index in [1.165, 1.54) is 4.90 Å². The zero-order chi connectivity index (χ0) is 23.7. The first-order valence-electron chi connectivity index (χ1n) is 9.01. The Morgan fingerprint density at radius 1 is 0.839 bits per heavy atom. The molecule has 0 aliphatic rings. The first-order chi connectivity index (χ1) is 14.6. The Labute approximate surface area is 220 Å². The van der Waals surface area contributed by atoms with Crippen LogP contribution in [-0.4, -0.2) is 74.8 Å². The average molecular weight is 771 g/mol. The first kappa shape index (κ1) is 28.0. The van der Waals surface area contributed by atoms with Crippen molar-refractivity contribution in [3.8, 4) is 0 Å². The van der Waals surface area contributed by atoms with E-state index in [2.05, 4.69) is 16.0 Å². The van der Waals surface area contributed by atoms with Crippen molar-refractivity contribution in [1.29, 1.82) is 0 Å². The molecule has 9 N–H and O–H groups in total. The zero-order valence-electron chi connectivity index (χ0n) is 16.7. The Kier molecular flexibility index (Phi) is 12.2. The molecule has 1 aromatic carbocycles. The molecule has 1 aromatic rings. The molecule has 0 fully saturated rings. The zero-order valence-corrected chi connectivity index (χ0v) is 23.2. The Balaban J connectivity index is 3.32. The Bertz CT molecular complexity index is 845. The maximum atomic E-state index is 13.5. The van der Waals surface area contributed by atoms with Crippen LogP contribution >= 0.6 is 67.8 Å². The molecule has 0 aliphatic heterocycles. The van der Waals surface area contributed by atoms with Crippen molar-refractivity contribution >= 4 is 97.1 Å². The monoisotopic (exact) mass is 771 g/mol. The van der Waals surface area contributed by atoms with Crippen molar-refractivity contribution in [2.45, 2.75) is 0 Å². The molecular formula is C17H24I3N7O4. The van der Waals surface area contributed by atoms with Crippen LogP contribution in [0.15, 0.2) is 0 Å². The minimum Gasteiger partial charge on any atom is -0.386 e. The largest absolute Gasteiger partial charge is 0.386 e. The molecule has 0 saturated carbocycles. The van der Waals surface area contributed by atoms with Gasteiger partial charge >= 0.3 is 0 Å². The van der Waals surface area contributed by atoms with Gasteiger partial charge in [-0.25, -0.2) is 0 Å². The maximum Gasteiger partial charge on any atom is 0.256 e. The van der Waals surface area contributed by atoms with Crippen LogP contribution in [0.4, 0.5) is 5.69 Å². The second-order valence-electron chi connectivity index (χ2n) is 6.08. The van der Waals surface area contributed by atoms with Gasteiger partial charge in [0, 0.05) is 36.8 Å². The Hall–Kier alpha value is -0.990. The Morgan fingerprint density at radius 2 is 1.29 bits per heavy atom. The van der Waals surface area contributed by atoms with E-state index in [9.17, 15) is 19.2 Å². The smallest absolute Gasteiger partial charge is 0.256 e. The van der Waals surface area contributed by atoms with Gasteiger partial charge in [0.05, 0.1) is 37.0 Å². The van der Waals surface area contributed by atoms with Gasteiger partial charge in [-0.3, -0.25) is 19.2 Å². The molecule has 0 radical (unpaired) electrons. The third-order valence-electron chi connectivity index (χ3n) is 4.09. The third kappa shape index (κ3) is 7.53. The van der Waals surface area contributed by atoms with E-state index >= 15 is 0 Å². The molecule has 14 heteroatoms. The second kappa shape index (κ2) is 13.5. The lowest BCUT2D eigenvalue weighted by atomic mass is 10.1. The molecule has 0 aliphatic carbocycles. The summed E-state index contributed by atoms with van der Waals surface area (Å²) in [5, 5.41) is 8.24. The van der Waals surface area contributed by atoms with Gasteiger partial charge in [-0.05, 0) is 67.8 Å². The number of hydrogen-bond acceptors (Lipinski definition) is 7. The summed E-state index contributed by atoms with van der Waals surface area (Å²) in [7, 11) is 1.69. The molecule has 0 heterocycles. The highest BCUT2D eigenvalue weighted by molar-refractivity contribution is 14.1. The number of halogens is 3. The van der Waals surface area contributed by atoms with E-state index in [1.54, 1.807) is 7.05 Å². The van der Waals surface area contributed by atoms with Crippen molar-refractivity contribution in [2.75, 3.05) is 51.6 Å². The number of nitrogens with one attached hydrogen (secondary N) is 3. The standard InChI is InChI=1S/C17H24I3N7O4/c1-24-15-13(19)10(16(23)30)12(18)11(14(15)20)17(31)27(4-2-25-8(28)6-21)5-3-26-9(29)7-22/h24H,2-7,21-22H2,1H3,(H2,23,30)(H,25,28)(H,26,29). The molecule has 11 nitrogen and oxygen atoms in total. The highest BCUT2D eigenvalue weighted by Crippen LogP contribution is 2.35. The van der Waals surface area contributed by atoms with Crippen molar-refractivity contribution < 1.29 is 19.2 Å². The van der Waals surface area contributed by atoms with Gasteiger partial charge in [-0.1, -0.05) is 0 Å². The number of nitrogens with zero attached hydrogens (tertiary/aromatic N) is 1. The summed E-state index contributed by atoms with van der Waals surface area (Å²) in [6.45, 7) is 0.350. The maximum absolute atomic E-state index is 13.5. The van der Waals surface area contributed by atoms with Gasteiger partial charge in [0.1, 0.15) is 0 Å². The molecule has 0 atom stereocenters. The van der Waals surface area contributed by atoms with Crippen LogP contribution in [0.25, 0.3) is 0 Å². The van der Waals surface area contributed by atoms with Gasteiger partial charge in [0.2, 0.25) is 11.8 Å². The van der Waals surface area contributed by atoms with E-state index in [-0.39, 0.29) is 62.6 Å². The second-order valence-corrected chi connectivity index (χ2v) is 9.32. The number of nitrogens with two attached hydrogens (primary N) is 3. The molecule has 0 saturated heterocycles. The molecule has 0 unspecified atom stereocenters. The average Bonchev–Trinajstić information content (AvgIpc) is 2.71. The summed E-state index contributed by atoms with van der Waals surface area (Å²) in [4.78, 5) is 49.9. The highest BCUT2D eigenvalue weighted by Gasteiger charge is 2.29. The first-order valence-corrected chi connectivity index (χ1v) is 12.2. The number of carbonyl (C=O) groups is 4. The molecule has 0 spiro atoms. The van der Waals surface area contributed by atoms with Crippen LogP contribution in [0, 0.1) is 10.7 Å². The van der Waals surface area contributed by atoms with Crippen molar-refractivity contribution in [3.63, 3.8) is 0 Å². The summed E-state index contributed by atoms with van der Waals surface area (Å²) in [6.07, 6.45) is 0. The van der Waals surface area contributed by atoms with E-state index in [1.807, 2.05) is 67.8 Å². The van der Waals surface area contributed by atoms with E-state index in [0.717, 1.165) is 0 Å². The van der Waals surface area contributed by atoms with Gasteiger partial charge in [-0.2, -0.15) is 0 Å². The Morgan fingerprint density at radius 3 is 1.68 bits per heavy atom. The van der Waals surface area contributed by atoms with E-state index < -0.39 is 5.91 Å². The normalized spacial score (nSPS) is 10.4. The minimum absolute atomic E-state index is 0.166. The lowest BCUT2D eigenvalue weighted by Gasteiger charge is -2.26. The van der Waals surface area contributed by atoms with E-state index in [0.29, 0.717) is 22.0 Å². The van der Waals surface area contributed by atoms with Gasteiger partial charge < -0.3 is 38.1 Å². The number of primary amides is 1. The fourth-order valence-corrected chi connectivity index (χ4v) is 7.26. The molecule has 31 heavy (non-hydrogen) atoms. The summed E-state index contributed by atoms with van der Waals surface area (Å²) in [6, 6.07) is 0. The predicted octanol–water partition coefficient (Wildman–Crippen LogP) is -0.767. The molecule has 172 valence electrons. The van der Waals surface area contributed by atoms with Crippen molar-refractivity contribution in [3.05, 3.63) is 21.8 Å². The minimum atomic E-state index is -0.646. The van der Waals surface area contributed by atoms with Crippen molar-refractivity contribution in [1.82, 2.24) is 15.5 Å². The highest BCUT2D eigenvalue weighted by atomic mass is 127. The number of hydrogen-bond donors (Lipinski definition) is 6.